The number of nitrogens with zero attached hydrogens (tertiary/aromatic N) is 4. The van der Waals surface area contributed by atoms with Gasteiger partial charge in [-0.3, -0.25) is 9.88 Å². The molecular weight excluding hydrogens is 520 g/mol. The van der Waals surface area contributed by atoms with Crippen LogP contribution in [0.5, 0.6) is 0 Å². The number of fused-ring (bicyclic) bond motifs is 1. The smallest absolute Gasteiger partial charge is 0.269 e. The van der Waals surface area contributed by atoms with Crippen LogP contribution < -0.4 is 0 Å². The third-order valence-corrected chi connectivity index (χ3v) is 9.25. The van der Waals surface area contributed by atoms with Crippen molar-refractivity contribution in [1.29, 1.82) is 0 Å². The van der Waals surface area contributed by atoms with E-state index >= 15 is 0 Å². The Hall–Kier alpha value is -3.85. The van der Waals surface area contributed by atoms with Crippen LogP contribution in [-0.2, 0) is 16.6 Å². The normalized spacial score (nSPS) is 16.4. The summed E-state index contributed by atoms with van der Waals surface area (Å²) in [6, 6.07) is 21.1. The lowest BCUT2D eigenvalue weighted by molar-refractivity contribution is 0.0668. The molecule has 7 nitrogen and oxygen atoms in total. The minimum atomic E-state index is -3.87. The van der Waals surface area contributed by atoms with Crippen molar-refractivity contribution in [2.45, 2.75) is 44.2 Å². The molecule has 40 heavy (non-hydrogen) atoms. The Labute approximate surface area is 234 Å². The van der Waals surface area contributed by atoms with E-state index in [2.05, 4.69) is 39.1 Å². The van der Waals surface area contributed by atoms with E-state index < -0.39 is 10.0 Å². The molecule has 1 fully saturated rings. The van der Waals surface area contributed by atoms with E-state index in [1.165, 1.54) is 9.54 Å². The predicted molar refractivity (Wildman–Crippen MR) is 157 cm³/mol. The predicted octanol–water partition coefficient (Wildman–Crippen LogP) is 5.58. The Bertz CT molecular complexity index is 1760. The van der Waals surface area contributed by atoms with Crippen molar-refractivity contribution >= 4 is 21.1 Å². The zero-order valence-electron chi connectivity index (χ0n) is 22.7. The lowest BCUT2D eigenvalue weighted by Gasteiger charge is -2.29. The van der Waals surface area contributed by atoms with E-state index in [1.807, 2.05) is 32.0 Å². The monoisotopic (exact) mass is 552 g/mol. The molecule has 3 aromatic heterocycles. The van der Waals surface area contributed by atoms with Gasteiger partial charge in [-0.15, -0.1) is 0 Å². The van der Waals surface area contributed by atoms with Crippen LogP contribution >= 0.6 is 0 Å². The van der Waals surface area contributed by atoms with E-state index in [-0.39, 0.29) is 11.0 Å². The highest BCUT2D eigenvalue weighted by Gasteiger charge is 2.23. The summed E-state index contributed by atoms with van der Waals surface area (Å²) in [6.07, 6.45) is 6.80. The number of benzene rings is 2. The van der Waals surface area contributed by atoms with Gasteiger partial charge in [-0.05, 0) is 68.6 Å². The minimum Gasteiger partial charge on any atom is -0.392 e. The van der Waals surface area contributed by atoms with Crippen molar-refractivity contribution < 1.29 is 13.5 Å². The van der Waals surface area contributed by atoms with Gasteiger partial charge >= 0.3 is 0 Å². The number of rotatable bonds is 6. The first kappa shape index (κ1) is 26.4. The number of pyridine rings is 2. The van der Waals surface area contributed by atoms with Crippen LogP contribution in [0.15, 0.2) is 90.2 Å². The van der Waals surface area contributed by atoms with Gasteiger partial charge in [0.05, 0.1) is 11.0 Å². The number of hydrogen-bond acceptors (Lipinski definition) is 6. The first-order valence-electron chi connectivity index (χ1n) is 13.5. The molecule has 2 aromatic carbocycles. The Morgan fingerprint density at radius 2 is 1.62 bits per heavy atom. The van der Waals surface area contributed by atoms with Crippen LogP contribution in [0.25, 0.3) is 33.3 Å². The van der Waals surface area contributed by atoms with Crippen molar-refractivity contribution in [3.8, 4) is 22.3 Å². The summed E-state index contributed by atoms with van der Waals surface area (Å²) in [6.45, 7) is 6.36. The zero-order valence-corrected chi connectivity index (χ0v) is 23.5. The summed E-state index contributed by atoms with van der Waals surface area (Å²) in [5.74, 6) is 0. The molecule has 0 bridgehead atoms. The maximum Gasteiger partial charge on any atom is 0.269 e. The number of aliphatic hydroxyl groups excluding tert-OH is 1. The molecule has 1 atom stereocenters. The third-order valence-electron chi connectivity index (χ3n) is 7.59. The molecule has 6 rings (SSSR count). The van der Waals surface area contributed by atoms with E-state index in [0.717, 1.165) is 64.8 Å². The molecule has 5 aromatic rings. The maximum atomic E-state index is 13.7. The zero-order chi connectivity index (χ0) is 27.9. The lowest BCUT2D eigenvalue weighted by atomic mass is 10.0. The fourth-order valence-electron chi connectivity index (χ4n) is 5.34. The summed E-state index contributed by atoms with van der Waals surface area (Å²) in [5, 5.41) is 10.7. The topological polar surface area (TPSA) is 88.3 Å². The second kappa shape index (κ2) is 10.6. The van der Waals surface area contributed by atoms with Gasteiger partial charge in [-0.2, -0.15) is 0 Å². The van der Waals surface area contributed by atoms with Crippen molar-refractivity contribution in [2.75, 3.05) is 13.1 Å². The lowest BCUT2D eigenvalue weighted by Crippen LogP contribution is -2.37. The second-order valence-corrected chi connectivity index (χ2v) is 12.5. The van der Waals surface area contributed by atoms with Gasteiger partial charge in [-0.25, -0.2) is 17.4 Å². The van der Waals surface area contributed by atoms with Gasteiger partial charge in [0.15, 0.2) is 5.65 Å². The largest absolute Gasteiger partial charge is 0.392 e. The minimum absolute atomic E-state index is 0.214. The number of aromatic nitrogens is 3. The van der Waals surface area contributed by atoms with Crippen molar-refractivity contribution in [3.63, 3.8) is 0 Å². The Morgan fingerprint density at radius 3 is 2.33 bits per heavy atom. The van der Waals surface area contributed by atoms with Crippen LogP contribution in [0.2, 0.25) is 0 Å². The van der Waals surface area contributed by atoms with E-state index in [9.17, 15) is 13.5 Å². The second-order valence-electron chi connectivity index (χ2n) is 10.7. The molecule has 8 heteroatoms. The van der Waals surface area contributed by atoms with Gasteiger partial charge in [0.2, 0.25) is 0 Å². The average Bonchev–Trinajstić information content (AvgIpc) is 3.34. The van der Waals surface area contributed by atoms with E-state index in [4.69, 9.17) is 0 Å². The Morgan fingerprint density at radius 1 is 0.900 bits per heavy atom. The van der Waals surface area contributed by atoms with Crippen LogP contribution in [-0.4, -0.2) is 51.6 Å². The molecule has 1 aliphatic rings. The molecule has 0 radical (unpaired) electrons. The molecule has 0 aliphatic carbocycles. The summed E-state index contributed by atoms with van der Waals surface area (Å²) in [4.78, 5) is 11.6. The fourth-order valence-corrected chi connectivity index (χ4v) is 6.66. The Balaban J connectivity index is 1.40. The van der Waals surface area contributed by atoms with Crippen LogP contribution in [0.1, 0.15) is 29.7 Å². The van der Waals surface area contributed by atoms with E-state index in [1.54, 1.807) is 42.9 Å². The molecule has 204 valence electrons. The average molecular weight is 553 g/mol. The van der Waals surface area contributed by atoms with Gasteiger partial charge in [0, 0.05) is 59.5 Å². The van der Waals surface area contributed by atoms with E-state index in [0.29, 0.717) is 12.2 Å². The number of aryl methyl sites for hydroxylation is 2. The molecule has 0 saturated carbocycles. The SMILES string of the molecule is Cc1ccc(S(=O)(=O)n2cc(-c3ccc(C)nc3)c3cc(-c4ccc(CN5CCCC(O)C5)cc4)cnc32)cc1. The molecule has 4 heterocycles. The molecule has 1 N–H and O–H groups in total. The molecule has 0 amide bonds. The Kier molecular flexibility index (Phi) is 7.00. The van der Waals surface area contributed by atoms with Crippen LogP contribution in [0, 0.1) is 13.8 Å². The summed E-state index contributed by atoms with van der Waals surface area (Å²) in [7, 11) is -3.87. The molecule has 1 aliphatic heterocycles. The van der Waals surface area contributed by atoms with Crippen LogP contribution in [0.3, 0.4) is 0 Å². The molecule has 1 saturated heterocycles. The maximum absolute atomic E-state index is 13.7. The summed E-state index contributed by atoms with van der Waals surface area (Å²) in [5.41, 5.74) is 6.93. The standard InChI is InChI=1S/C32H32N4O3S/c1-22-5-13-29(14-6-22)40(38,39)36-21-31(26-10-7-23(2)33-17-26)30-16-27(18-34-32(30)36)25-11-8-24(9-12-25)19-35-15-3-4-28(37)20-35/h5-14,16-18,21,28,37H,3-4,15,19-20H2,1-2H3. The molecule has 1 unspecified atom stereocenters. The highest BCUT2D eigenvalue weighted by atomic mass is 32.2. The van der Waals surface area contributed by atoms with Gasteiger partial charge in [0.25, 0.3) is 10.0 Å². The molecular formula is C32H32N4O3S. The number of likely N-dealkylation sites (tertiary alicyclic amines) is 1. The number of piperidine rings is 1. The van der Waals surface area contributed by atoms with Crippen molar-refractivity contribution in [3.05, 3.63) is 102 Å². The van der Waals surface area contributed by atoms with Crippen molar-refractivity contribution in [1.82, 2.24) is 18.8 Å². The summed E-state index contributed by atoms with van der Waals surface area (Å²) >= 11 is 0. The fraction of sp³-hybridized carbons (Fsp3) is 0.250. The first-order valence-corrected chi connectivity index (χ1v) is 15.0. The quantitative estimate of drug-likeness (QED) is 0.296. The number of hydrogen-bond donors (Lipinski definition) is 1. The van der Waals surface area contributed by atoms with Crippen molar-refractivity contribution in [2.24, 2.45) is 0 Å². The highest BCUT2D eigenvalue weighted by Crippen LogP contribution is 2.34. The number of β-amino-alcohol motifs (C(OH)–C–C–N with tert-alkyl or cyclic N) is 1. The van der Waals surface area contributed by atoms with Gasteiger partial charge in [-0.1, -0.05) is 48.0 Å². The summed E-state index contributed by atoms with van der Waals surface area (Å²) < 4.78 is 28.7. The van der Waals surface area contributed by atoms with Gasteiger partial charge < -0.3 is 5.11 Å². The first-order chi connectivity index (χ1) is 19.3. The van der Waals surface area contributed by atoms with Crippen LogP contribution in [0.4, 0.5) is 0 Å². The highest BCUT2D eigenvalue weighted by molar-refractivity contribution is 7.90. The third kappa shape index (κ3) is 5.18. The number of aliphatic hydroxyl groups is 1. The molecule has 0 spiro atoms. The van der Waals surface area contributed by atoms with Gasteiger partial charge in [0.1, 0.15) is 0 Å².